The molecule has 1 aromatic heterocycles. The smallest absolute Gasteiger partial charge is 0.192 e. The average molecular weight is 227 g/mol. The van der Waals surface area contributed by atoms with Crippen LogP contribution < -0.4 is 0 Å². The quantitative estimate of drug-likeness (QED) is 0.670. The van der Waals surface area contributed by atoms with Gasteiger partial charge in [-0.3, -0.25) is 0 Å². The number of rotatable bonds is 0. The number of thiol groups is 2. The Bertz CT molecular complexity index is 437. The molecule has 0 fully saturated rings. The number of oxazole rings is 1. The lowest BCUT2D eigenvalue weighted by Gasteiger charge is -1.93. The SMILES string of the molecule is CC.Cc1nc2c(S)cc(S)cc2o1. The highest BCUT2D eigenvalue weighted by Crippen LogP contribution is 2.25. The molecule has 0 unspecified atom stereocenters. The lowest BCUT2D eigenvalue weighted by molar-refractivity contribution is 0.560. The predicted octanol–water partition coefficient (Wildman–Crippen LogP) is 3.74. The number of benzene rings is 1. The summed E-state index contributed by atoms with van der Waals surface area (Å²) in [5, 5.41) is 0. The lowest BCUT2D eigenvalue weighted by atomic mass is 10.3. The van der Waals surface area contributed by atoms with Crippen molar-refractivity contribution in [1.29, 1.82) is 0 Å². The standard InChI is InChI=1S/C8H7NOS2.C2H6/c1-4-9-8-6(10-4)2-5(11)3-7(8)12;1-2/h2-3,11-12H,1H3;1-2H3. The van der Waals surface area contributed by atoms with E-state index in [-0.39, 0.29) is 0 Å². The van der Waals surface area contributed by atoms with Crippen LogP contribution in [-0.4, -0.2) is 4.98 Å². The number of fused-ring (bicyclic) bond motifs is 1. The van der Waals surface area contributed by atoms with Gasteiger partial charge in [0.15, 0.2) is 11.5 Å². The zero-order valence-electron chi connectivity index (χ0n) is 8.40. The molecule has 0 aliphatic heterocycles. The molecule has 2 aromatic rings. The minimum absolute atomic E-state index is 0.652. The van der Waals surface area contributed by atoms with E-state index in [9.17, 15) is 0 Å². The topological polar surface area (TPSA) is 26.0 Å². The second kappa shape index (κ2) is 4.75. The zero-order valence-corrected chi connectivity index (χ0v) is 10.2. The van der Waals surface area contributed by atoms with Crippen molar-refractivity contribution in [2.75, 3.05) is 0 Å². The minimum Gasteiger partial charge on any atom is -0.441 e. The molecular weight excluding hydrogens is 214 g/mol. The number of hydrogen-bond donors (Lipinski definition) is 2. The molecule has 0 spiro atoms. The number of hydrogen-bond acceptors (Lipinski definition) is 4. The van der Waals surface area contributed by atoms with Crippen LogP contribution in [0.2, 0.25) is 0 Å². The summed E-state index contributed by atoms with van der Waals surface area (Å²) in [6.45, 7) is 5.81. The van der Waals surface area contributed by atoms with Crippen molar-refractivity contribution < 1.29 is 4.42 Å². The molecule has 0 bridgehead atoms. The van der Waals surface area contributed by atoms with E-state index in [4.69, 9.17) is 4.42 Å². The molecule has 0 saturated heterocycles. The molecule has 1 aromatic carbocycles. The molecule has 76 valence electrons. The molecule has 4 heteroatoms. The van der Waals surface area contributed by atoms with Crippen LogP contribution in [0.1, 0.15) is 19.7 Å². The second-order valence-corrected chi connectivity index (χ2v) is 3.54. The van der Waals surface area contributed by atoms with E-state index in [1.807, 2.05) is 32.9 Å². The molecule has 0 saturated carbocycles. The van der Waals surface area contributed by atoms with E-state index in [0.717, 1.165) is 20.9 Å². The largest absolute Gasteiger partial charge is 0.441 e. The summed E-state index contributed by atoms with van der Waals surface area (Å²) in [5.41, 5.74) is 1.54. The first kappa shape index (κ1) is 11.5. The van der Waals surface area contributed by atoms with Gasteiger partial charge < -0.3 is 4.42 Å². The summed E-state index contributed by atoms with van der Waals surface area (Å²) in [4.78, 5) is 5.81. The van der Waals surface area contributed by atoms with Crippen molar-refractivity contribution in [2.45, 2.75) is 30.6 Å². The first-order chi connectivity index (χ1) is 6.66. The monoisotopic (exact) mass is 227 g/mol. The number of aromatic nitrogens is 1. The molecule has 0 aliphatic carbocycles. The van der Waals surface area contributed by atoms with Gasteiger partial charge in [-0.1, -0.05) is 13.8 Å². The Morgan fingerprint density at radius 3 is 2.50 bits per heavy atom. The van der Waals surface area contributed by atoms with E-state index >= 15 is 0 Å². The highest BCUT2D eigenvalue weighted by atomic mass is 32.1. The van der Waals surface area contributed by atoms with E-state index in [0.29, 0.717) is 5.89 Å². The predicted molar refractivity (Wildman–Crippen MR) is 64.6 cm³/mol. The second-order valence-electron chi connectivity index (χ2n) is 2.54. The Kier molecular flexibility index (Phi) is 3.89. The van der Waals surface area contributed by atoms with Gasteiger partial charge in [0.1, 0.15) is 5.52 Å². The summed E-state index contributed by atoms with van der Waals surface area (Å²) in [7, 11) is 0. The minimum atomic E-state index is 0.652. The van der Waals surface area contributed by atoms with Crippen LogP contribution >= 0.6 is 25.3 Å². The first-order valence-corrected chi connectivity index (χ1v) is 5.35. The van der Waals surface area contributed by atoms with E-state index < -0.39 is 0 Å². The van der Waals surface area contributed by atoms with Gasteiger partial charge in [0.05, 0.1) is 0 Å². The van der Waals surface area contributed by atoms with Gasteiger partial charge in [0, 0.05) is 16.7 Å². The fraction of sp³-hybridized carbons (Fsp3) is 0.300. The summed E-state index contributed by atoms with van der Waals surface area (Å²) in [6.07, 6.45) is 0. The van der Waals surface area contributed by atoms with Gasteiger partial charge in [-0.2, -0.15) is 0 Å². The Morgan fingerprint density at radius 1 is 1.21 bits per heavy atom. The molecule has 0 N–H and O–H groups in total. The third kappa shape index (κ3) is 2.25. The van der Waals surface area contributed by atoms with Gasteiger partial charge in [-0.05, 0) is 12.1 Å². The number of nitrogens with zero attached hydrogens (tertiary/aromatic N) is 1. The average Bonchev–Trinajstić information content (AvgIpc) is 2.49. The van der Waals surface area contributed by atoms with Gasteiger partial charge in [-0.15, -0.1) is 25.3 Å². The van der Waals surface area contributed by atoms with Crippen LogP contribution in [0.4, 0.5) is 0 Å². The lowest BCUT2D eigenvalue weighted by Crippen LogP contribution is -1.73. The van der Waals surface area contributed by atoms with Gasteiger partial charge in [0.25, 0.3) is 0 Å². The van der Waals surface area contributed by atoms with E-state index in [1.54, 1.807) is 0 Å². The van der Waals surface area contributed by atoms with Crippen molar-refractivity contribution in [1.82, 2.24) is 4.98 Å². The maximum absolute atomic E-state index is 5.32. The molecule has 0 atom stereocenters. The summed E-state index contributed by atoms with van der Waals surface area (Å²) in [6, 6.07) is 3.68. The first-order valence-electron chi connectivity index (χ1n) is 4.46. The third-order valence-corrected chi connectivity index (χ3v) is 2.17. The molecule has 1 heterocycles. The number of aryl methyl sites for hydroxylation is 1. The molecule has 0 aliphatic rings. The van der Waals surface area contributed by atoms with Crippen LogP contribution in [0.3, 0.4) is 0 Å². The van der Waals surface area contributed by atoms with Crippen molar-refractivity contribution in [3.8, 4) is 0 Å². The molecule has 2 nitrogen and oxygen atoms in total. The summed E-state index contributed by atoms with van der Waals surface area (Å²) >= 11 is 8.46. The van der Waals surface area contributed by atoms with Crippen LogP contribution in [-0.2, 0) is 0 Å². The van der Waals surface area contributed by atoms with Crippen molar-refractivity contribution in [3.05, 3.63) is 18.0 Å². The zero-order chi connectivity index (χ0) is 10.7. The van der Waals surface area contributed by atoms with Gasteiger partial charge in [0.2, 0.25) is 0 Å². The van der Waals surface area contributed by atoms with Gasteiger partial charge >= 0.3 is 0 Å². The summed E-state index contributed by atoms with van der Waals surface area (Å²) in [5.74, 6) is 0.652. The van der Waals surface area contributed by atoms with Crippen molar-refractivity contribution in [3.63, 3.8) is 0 Å². The maximum atomic E-state index is 5.32. The van der Waals surface area contributed by atoms with Crippen LogP contribution in [0.5, 0.6) is 0 Å². The molecule has 0 radical (unpaired) electrons. The fourth-order valence-electron chi connectivity index (χ4n) is 1.11. The summed E-state index contributed by atoms with van der Waals surface area (Å²) < 4.78 is 5.32. The van der Waals surface area contributed by atoms with Crippen molar-refractivity contribution >= 4 is 36.4 Å². The van der Waals surface area contributed by atoms with Crippen LogP contribution in [0, 0.1) is 6.92 Å². The Labute approximate surface area is 94.5 Å². The van der Waals surface area contributed by atoms with E-state index in [2.05, 4.69) is 30.2 Å². The Morgan fingerprint density at radius 2 is 1.86 bits per heavy atom. The molecular formula is C10H13NOS2. The maximum Gasteiger partial charge on any atom is 0.192 e. The van der Waals surface area contributed by atoms with Crippen molar-refractivity contribution in [2.24, 2.45) is 0 Å². The fourth-order valence-corrected chi connectivity index (χ4v) is 1.76. The normalized spacial score (nSPS) is 9.79. The van der Waals surface area contributed by atoms with Crippen LogP contribution in [0.25, 0.3) is 11.1 Å². The third-order valence-electron chi connectivity index (χ3n) is 1.57. The molecule has 2 rings (SSSR count). The molecule has 14 heavy (non-hydrogen) atoms. The highest BCUT2D eigenvalue weighted by molar-refractivity contribution is 7.81. The van der Waals surface area contributed by atoms with Gasteiger partial charge in [-0.25, -0.2) is 4.98 Å². The van der Waals surface area contributed by atoms with Crippen LogP contribution in [0.15, 0.2) is 26.3 Å². The Balaban J connectivity index is 0.000000461. The van der Waals surface area contributed by atoms with E-state index in [1.165, 1.54) is 0 Å². The molecule has 0 amide bonds. The highest BCUT2D eigenvalue weighted by Gasteiger charge is 2.05. The Hall–Kier alpha value is -0.610.